The van der Waals surface area contributed by atoms with Crippen LogP contribution in [0.1, 0.15) is 45.8 Å². The van der Waals surface area contributed by atoms with Gasteiger partial charge in [0, 0.05) is 32.8 Å². The number of fused-ring (bicyclic) bond motifs is 2. The molecule has 2 heterocycles. The standard InChI is InChI=1S/C24H23Cl2N3O2S/c1-23(2)14-6-7-24(23,3)20(10-14)28-29-22-27-21(30)19(32-22)12-17-4-5-18(31-17)13-8-15(25)11-16(26)9-13/h4-5,8-9,11-12,14H,6-7,10H2,1-3H3,(H,27,29,30). The number of amidine groups is 1. The van der Waals surface area contributed by atoms with Gasteiger partial charge in [-0.15, -0.1) is 5.10 Å². The molecule has 2 atom stereocenters. The lowest BCUT2D eigenvalue weighted by Crippen LogP contribution is -2.32. The summed E-state index contributed by atoms with van der Waals surface area (Å²) in [6, 6.07) is 8.85. The molecule has 0 spiro atoms. The van der Waals surface area contributed by atoms with Crippen LogP contribution in [-0.2, 0) is 4.79 Å². The van der Waals surface area contributed by atoms with E-state index in [1.165, 1.54) is 18.2 Å². The Labute approximate surface area is 201 Å². The highest BCUT2D eigenvalue weighted by atomic mass is 35.5. The quantitative estimate of drug-likeness (QED) is 0.373. The highest BCUT2D eigenvalue weighted by Crippen LogP contribution is 2.64. The number of nitrogens with zero attached hydrogens (tertiary/aromatic N) is 2. The number of nitrogens with one attached hydrogen (secondary N) is 1. The lowest BCUT2D eigenvalue weighted by atomic mass is 9.70. The first kappa shape index (κ1) is 21.8. The van der Waals surface area contributed by atoms with Crippen molar-refractivity contribution in [2.75, 3.05) is 0 Å². The topological polar surface area (TPSA) is 67.0 Å². The van der Waals surface area contributed by atoms with Crippen LogP contribution in [-0.4, -0.2) is 16.8 Å². The maximum absolute atomic E-state index is 12.4. The zero-order valence-corrected chi connectivity index (χ0v) is 20.4. The zero-order chi connectivity index (χ0) is 22.7. The van der Waals surface area contributed by atoms with Gasteiger partial charge in [0.1, 0.15) is 11.5 Å². The number of hydrogen-bond acceptors (Lipinski definition) is 5. The second-order valence-electron chi connectivity index (χ2n) is 9.37. The first-order valence-corrected chi connectivity index (χ1v) is 12.2. The molecule has 2 bridgehead atoms. The van der Waals surface area contributed by atoms with Crippen LogP contribution in [0.2, 0.25) is 10.0 Å². The molecule has 2 saturated carbocycles. The third kappa shape index (κ3) is 3.62. The molecule has 1 N–H and O–H groups in total. The van der Waals surface area contributed by atoms with E-state index in [0.29, 0.717) is 37.6 Å². The summed E-state index contributed by atoms with van der Waals surface area (Å²) in [5.74, 6) is 1.63. The Morgan fingerprint density at radius 3 is 2.56 bits per heavy atom. The predicted octanol–water partition coefficient (Wildman–Crippen LogP) is 7.02. The molecule has 3 aliphatic rings. The summed E-state index contributed by atoms with van der Waals surface area (Å²) in [4.78, 5) is 12.9. The Hall–Kier alpha value is -2.02. The van der Waals surface area contributed by atoms with Crippen molar-refractivity contribution in [1.29, 1.82) is 0 Å². The Kier molecular flexibility index (Phi) is 5.31. The van der Waals surface area contributed by atoms with E-state index in [9.17, 15) is 4.79 Å². The second-order valence-corrected chi connectivity index (χ2v) is 11.3. The molecule has 8 heteroatoms. The highest BCUT2D eigenvalue weighted by molar-refractivity contribution is 8.18. The monoisotopic (exact) mass is 487 g/mol. The summed E-state index contributed by atoms with van der Waals surface area (Å²) in [6.07, 6.45) is 5.10. The van der Waals surface area contributed by atoms with Crippen molar-refractivity contribution in [3.05, 3.63) is 51.0 Å². The second kappa shape index (κ2) is 7.79. The van der Waals surface area contributed by atoms with Crippen molar-refractivity contribution in [2.24, 2.45) is 27.0 Å². The normalized spacial score (nSPS) is 30.1. The fourth-order valence-electron chi connectivity index (χ4n) is 5.07. The number of furan rings is 1. The van der Waals surface area contributed by atoms with Gasteiger partial charge in [-0.3, -0.25) is 10.1 Å². The van der Waals surface area contributed by atoms with Gasteiger partial charge < -0.3 is 4.42 Å². The van der Waals surface area contributed by atoms with Crippen molar-refractivity contribution in [1.82, 2.24) is 5.32 Å². The third-order valence-electron chi connectivity index (χ3n) is 7.47. The average Bonchev–Trinajstić information content (AvgIpc) is 3.42. The maximum atomic E-state index is 12.4. The summed E-state index contributed by atoms with van der Waals surface area (Å²) in [5.41, 5.74) is 2.25. The Morgan fingerprint density at radius 2 is 1.91 bits per heavy atom. The fraction of sp³-hybridized carbons (Fsp3) is 0.375. The van der Waals surface area contributed by atoms with Crippen LogP contribution >= 0.6 is 35.0 Å². The van der Waals surface area contributed by atoms with Crippen molar-refractivity contribution < 1.29 is 9.21 Å². The van der Waals surface area contributed by atoms with Crippen molar-refractivity contribution >= 4 is 57.8 Å². The molecule has 1 aromatic carbocycles. The maximum Gasteiger partial charge on any atom is 0.264 e. The number of hydrogen-bond donors (Lipinski definition) is 1. The number of halogens is 2. The largest absolute Gasteiger partial charge is 0.457 e. The van der Waals surface area contributed by atoms with Crippen molar-refractivity contribution in [2.45, 2.75) is 40.0 Å². The molecule has 1 saturated heterocycles. The van der Waals surface area contributed by atoms with E-state index in [1.807, 2.05) is 6.07 Å². The molecule has 0 radical (unpaired) electrons. The number of amides is 1. The van der Waals surface area contributed by atoms with E-state index in [2.05, 4.69) is 36.3 Å². The zero-order valence-electron chi connectivity index (χ0n) is 18.0. The van der Waals surface area contributed by atoms with Gasteiger partial charge in [0.15, 0.2) is 5.17 Å². The minimum Gasteiger partial charge on any atom is -0.457 e. The molecular weight excluding hydrogens is 465 g/mol. The molecular formula is C24H23Cl2N3O2S. The number of benzene rings is 1. The summed E-state index contributed by atoms with van der Waals surface area (Å²) in [6.45, 7) is 6.97. The smallest absolute Gasteiger partial charge is 0.264 e. The van der Waals surface area contributed by atoms with E-state index >= 15 is 0 Å². The van der Waals surface area contributed by atoms with E-state index in [0.717, 1.165) is 24.1 Å². The van der Waals surface area contributed by atoms with Crippen LogP contribution < -0.4 is 5.32 Å². The number of thioether (sulfide) groups is 1. The average molecular weight is 488 g/mol. The summed E-state index contributed by atoms with van der Waals surface area (Å²) >= 11 is 13.4. The van der Waals surface area contributed by atoms with Crippen LogP contribution in [0.15, 0.2) is 49.9 Å². The molecule has 1 aliphatic heterocycles. The molecule has 166 valence electrons. The van der Waals surface area contributed by atoms with Crippen LogP contribution in [0.3, 0.4) is 0 Å². The van der Waals surface area contributed by atoms with Crippen LogP contribution in [0.5, 0.6) is 0 Å². The van der Waals surface area contributed by atoms with Crippen LogP contribution in [0, 0.1) is 16.7 Å². The fourth-order valence-corrected chi connectivity index (χ4v) is 6.35. The molecule has 2 unspecified atom stereocenters. The van der Waals surface area contributed by atoms with Crippen molar-refractivity contribution in [3.8, 4) is 11.3 Å². The summed E-state index contributed by atoms with van der Waals surface area (Å²) in [7, 11) is 0. The van der Waals surface area contributed by atoms with Crippen molar-refractivity contribution in [3.63, 3.8) is 0 Å². The SMILES string of the molecule is CC12CCC(CC1=N/N=C1\NC(=O)C(=Cc3ccc(-c4cc(Cl)cc(Cl)c4)o3)S1)C2(C)C. The van der Waals surface area contributed by atoms with Crippen LogP contribution in [0.25, 0.3) is 17.4 Å². The van der Waals surface area contributed by atoms with Gasteiger partial charge in [0.25, 0.3) is 5.91 Å². The Balaban J connectivity index is 1.34. The Morgan fingerprint density at radius 1 is 1.16 bits per heavy atom. The molecule has 5 rings (SSSR count). The minimum absolute atomic E-state index is 0.0848. The molecule has 2 aromatic rings. The molecule has 5 nitrogen and oxygen atoms in total. The first-order chi connectivity index (χ1) is 15.2. The predicted molar refractivity (Wildman–Crippen MR) is 132 cm³/mol. The molecule has 32 heavy (non-hydrogen) atoms. The molecule has 1 amide bonds. The van der Waals surface area contributed by atoms with E-state index in [-0.39, 0.29) is 16.7 Å². The lowest BCUT2D eigenvalue weighted by Gasteiger charge is -2.34. The molecule has 2 aliphatic carbocycles. The van der Waals surface area contributed by atoms with Crippen LogP contribution in [0.4, 0.5) is 0 Å². The molecule has 3 fully saturated rings. The first-order valence-electron chi connectivity index (χ1n) is 10.6. The summed E-state index contributed by atoms with van der Waals surface area (Å²) < 4.78 is 5.88. The number of carbonyl (C=O) groups is 1. The van der Waals surface area contributed by atoms with Gasteiger partial charge >= 0.3 is 0 Å². The Bertz CT molecular complexity index is 1190. The van der Waals surface area contributed by atoms with E-state index in [4.69, 9.17) is 27.6 Å². The summed E-state index contributed by atoms with van der Waals surface area (Å²) in [5, 5.41) is 13.3. The van der Waals surface area contributed by atoms with Gasteiger partial charge in [-0.05, 0) is 72.7 Å². The van der Waals surface area contributed by atoms with Gasteiger partial charge in [-0.1, -0.05) is 44.0 Å². The number of carbonyl (C=O) groups excluding carboxylic acids is 1. The molecule has 1 aromatic heterocycles. The third-order valence-corrected chi connectivity index (χ3v) is 8.81. The van der Waals surface area contributed by atoms with E-state index in [1.54, 1.807) is 30.3 Å². The highest BCUT2D eigenvalue weighted by Gasteiger charge is 2.60. The van der Waals surface area contributed by atoms with E-state index < -0.39 is 0 Å². The van der Waals surface area contributed by atoms with Gasteiger partial charge in [0.2, 0.25) is 0 Å². The van der Waals surface area contributed by atoms with Gasteiger partial charge in [-0.2, -0.15) is 5.10 Å². The van der Waals surface area contributed by atoms with Gasteiger partial charge in [0.05, 0.1) is 4.91 Å². The number of rotatable bonds is 3. The lowest BCUT2D eigenvalue weighted by molar-refractivity contribution is -0.115. The van der Waals surface area contributed by atoms with Gasteiger partial charge in [-0.25, -0.2) is 0 Å². The minimum atomic E-state index is -0.211.